The van der Waals surface area contributed by atoms with E-state index >= 15 is 0 Å². The molecule has 5 rings (SSSR count). The molecule has 0 aliphatic heterocycles. The maximum absolute atomic E-state index is 13.0. The van der Waals surface area contributed by atoms with Crippen LogP contribution in [-0.4, -0.2) is 16.0 Å². The molecule has 0 spiro atoms. The Kier molecular flexibility index (Phi) is 2.81. The second kappa shape index (κ2) is 5.01. The molecule has 24 heavy (non-hydrogen) atoms. The Morgan fingerprint density at radius 3 is 2.46 bits per heavy atom. The fourth-order valence-electron chi connectivity index (χ4n) is 3.30. The van der Waals surface area contributed by atoms with Crippen molar-refractivity contribution in [1.82, 2.24) is 10.2 Å². The lowest BCUT2D eigenvalue weighted by Crippen LogP contribution is -2.02. The van der Waals surface area contributed by atoms with E-state index in [1.165, 1.54) is 10.1 Å². The molecule has 114 valence electrons. The van der Waals surface area contributed by atoms with Gasteiger partial charge in [0, 0.05) is 26.4 Å². The largest absolute Gasteiger partial charge is 0.287 e. The van der Waals surface area contributed by atoms with Gasteiger partial charge >= 0.3 is 0 Å². The number of thiophene rings is 1. The minimum Gasteiger partial charge on any atom is -0.287 e. The van der Waals surface area contributed by atoms with Crippen LogP contribution in [0.15, 0.2) is 66.0 Å². The predicted octanol–water partition coefficient (Wildman–Crippen LogP) is 5.16. The van der Waals surface area contributed by atoms with Crippen LogP contribution in [0.2, 0.25) is 0 Å². The first-order valence-corrected chi connectivity index (χ1v) is 8.58. The molecule has 0 amide bonds. The first kappa shape index (κ1) is 13.5. The highest BCUT2D eigenvalue weighted by Crippen LogP contribution is 2.38. The van der Waals surface area contributed by atoms with Gasteiger partial charge in [0.05, 0.1) is 0 Å². The van der Waals surface area contributed by atoms with E-state index in [0.29, 0.717) is 11.3 Å². The summed E-state index contributed by atoms with van der Waals surface area (Å²) in [7, 11) is 0. The molecule has 3 aromatic carbocycles. The number of ketones is 1. The number of hydrogen-bond acceptors (Lipinski definition) is 3. The third-order valence-corrected chi connectivity index (χ3v) is 5.34. The zero-order chi connectivity index (χ0) is 16.1. The van der Waals surface area contributed by atoms with Crippen LogP contribution in [-0.2, 0) is 0 Å². The Labute approximate surface area is 141 Å². The predicted molar refractivity (Wildman–Crippen MR) is 98.9 cm³/mol. The minimum absolute atomic E-state index is 0.0298. The van der Waals surface area contributed by atoms with Crippen molar-refractivity contribution in [3.05, 3.63) is 77.3 Å². The van der Waals surface area contributed by atoms with Crippen LogP contribution in [0.5, 0.6) is 0 Å². The summed E-state index contributed by atoms with van der Waals surface area (Å²) in [4.78, 5) is 13.0. The highest BCUT2D eigenvalue weighted by molar-refractivity contribution is 7.18. The number of hydrogen-bond donors (Lipinski definition) is 1. The summed E-state index contributed by atoms with van der Waals surface area (Å²) in [6.07, 6.45) is 0. The highest BCUT2D eigenvalue weighted by atomic mass is 32.1. The Hall–Kier alpha value is -2.98. The van der Waals surface area contributed by atoms with Crippen LogP contribution in [0, 0.1) is 0 Å². The molecule has 0 atom stereocenters. The van der Waals surface area contributed by atoms with Gasteiger partial charge in [-0.1, -0.05) is 54.6 Å². The molecule has 3 nitrogen and oxygen atoms in total. The van der Waals surface area contributed by atoms with Crippen LogP contribution in [0.1, 0.15) is 16.1 Å². The van der Waals surface area contributed by atoms with Crippen molar-refractivity contribution in [2.75, 3.05) is 0 Å². The number of aromatic nitrogens is 2. The topological polar surface area (TPSA) is 45.8 Å². The number of carbonyl (C=O) groups is 1. The smallest absolute Gasteiger partial charge is 0.211 e. The first-order valence-electron chi connectivity index (χ1n) is 7.70. The summed E-state index contributed by atoms with van der Waals surface area (Å²) in [5, 5.41) is 13.8. The van der Waals surface area contributed by atoms with Crippen LogP contribution >= 0.6 is 11.3 Å². The Morgan fingerprint density at radius 1 is 0.875 bits per heavy atom. The number of aromatic amines is 1. The normalized spacial score (nSPS) is 11.5. The van der Waals surface area contributed by atoms with Gasteiger partial charge in [-0.3, -0.25) is 9.89 Å². The monoisotopic (exact) mass is 328 g/mol. The Bertz CT molecular complexity index is 1220. The van der Waals surface area contributed by atoms with Crippen molar-refractivity contribution in [2.45, 2.75) is 0 Å². The number of benzene rings is 3. The molecule has 0 fully saturated rings. The molecule has 0 aliphatic carbocycles. The Balaban J connectivity index is 1.92. The lowest BCUT2D eigenvalue weighted by molar-refractivity contribution is 0.103. The summed E-state index contributed by atoms with van der Waals surface area (Å²) in [6, 6.07) is 19.6. The first-order chi connectivity index (χ1) is 11.8. The lowest BCUT2D eigenvalue weighted by atomic mass is 9.99. The van der Waals surface area contributed by atoms with Crippen molar-refractivity contribution in [2.24, 2.45) is 0 Å². The molecule has 5 aromatic rings. The molecule has 0 saturated carbocycles. The van der Waals surface area contributed by atoms with Gasteiger partial charge in [-0.15, -0.1) is 11.3 Å². The Morgan fingerprint density at radius 2 is 1.62 bits per heavy atom. The second-order valence-electron chi connectivity index (χ2n) is 5.73. The average Bonchev–Trinajstić information content (AvgIpc) is 3.29. The van der Waals surface area contributed by atoms with Gasteiger partial charge in [0.15, 0.2) is 0 Å². The fourth-order valence-corrected chi connectivity index (χ4v) is 4.24. The SMILES string of the molecule is O=C(c1ccccc1)c1[nH]nc2c3ccsc3c3ccccc3c12. The van der Waals surface area contributed by atoms with Crippen LogP contribution in [0.25, 0.3) is 31.8 Å². The van der Waals surface area contributed by atoms with E-state index in [0.717, 1.165) is 21.7 Å². The molecule has 0 bridgehead atoms. The zero-order valence-corrected chi connectivity index (χ0v) is 13.4. The standard InChI is InChI=1S/C20H12N2OS/c23-19(12-6-2-1-3-7-12)18-16-13-8-4-5-9-14(13)20-15(10-11-24-20)17(16)21-22-18/h1-11H,(H,21,22). The van der Waals surface area contributed by atoms with Crippen LogP contribution in [0.4, 0.5) is 0 Å². The molecule has 2 aromatic heterocycles. The van der Waals surface area contributed by atoms with Gasteiger partial charge in [0.25, 0.3) is 0 Å². The zero-order valence-electron chi connectivity index (χ0n) is 12.6. The number of H-pyrrole nitrogens is 1. The van der Waals surface area contributed by atoms with E-state index in [9.17, 15) is 4.79 Å². The third kappa shape index (κ3) is 1.77. The van der Waals surface area contributed by atoms with E-state index in [-0.39, 0.29) is 5.78 Å². The molecular formula is C20H12N2OS. The number of nitrogens with one attached hydrogen (secondary N) is 1. The van der Waals surface area contributed by atoms with E-state index < -0.39 is 0 Å². The summed E-state index contributed by atoms with van der Waals surface area (Å²) in [5.41, 5.74) is 2.09. The molecule has 0 radical (unpaired) electrons. The number of rotatable bonds is 2. The summed E-state index contributed by atoms with van der Waals surface area (Å²) < 4.78 is 1.21. The van der Waals surface area contributed by atoms with Crippen LogP contribution < -0.4 is 0 Å². The maximum atomic E-state index is 13.0. The van der Waals surface area contributed by atoms with E-state index in [4.69, 9.17) is 0 Å². The van der Waals surface area contributed by atoms with Crippen molar-refractivity contribution in [3.63, 3.8) is 0 Å². The summed E-state index contributed by atoms with van der Waals surface area (Å²) in [5.74, 6) is -0.0298. The van der Waals surface area contributed by atoms with Gasteiger partial charge in [-0.05, 0) is 16.8 Å². The van der Waals surface area contributed by atoms with Gasteiger partial charge in [0.1, 0.15) is 11.2 Å². The van der Waals surface area contributed by atoms with Crippen molar-refractivity contribution >= 4 is 48.9 Å². The second-order valence-corrected chi connectivity index (χ2v) is 6.64. The van der Waals surface area contributed by atoms with Gasteiger partial charge in [-0.2, -0.15) is 5.10 Å². The average molecular weight is 328 g/mol. The third-order valence-electron chi connectivity index (χ3n) is 4.39. The quantitative estimate of drug-likeness (QED) is 0.455. The molecule has 0 aliphatic rings. The number of carbonyl (C=O) groups excluding carboxylic acids is 1. The van der Waals surface area contributed by atoms with Gasteiger partial charge in [-0.25, -0.2) is 0 Å². The van der Waals surface area contributed by atoms with Crippen molar-refractivity contribution in [1.29, 1.82) is 0 Å². The molecule has 2 heterocycles. The molecule has 4 heteroatoms. The minimum atomic E-state index is -0.0298. The van der Waals surface area contributed by atoms with Crippen molar-refractivity contribution in [3.8, 4) is 0 Å². The molecule has 0 saturated heterocycles. The number of fused-ring (bicyclic) bond motifs is 6. The lowest BCUT2D eigenvalue weighted by Gasteiger charge is -2.04. The molecule has 0 unspecified atom stereocenters. The van der Waals surface area contributed by atoms with E-state index in [1.807, 2.05) is 42.5 Å². The van der Waals surface area contributed by atoms with Gasteiger partial charge < -0.3 is 0 Å². The maximum Gasteiger partial charge on any atom is 0.211 e. The molecular weight excluding hydrogens is 316 g/mol. The van der Waals surface area contributed by atoms with Crippen molar-refractivity contribution < 1.29 is 4.79 Å². The van der Waals surface area contributed by atoms with E-state index in [1.54, 1.807) is 11.3 Å². The highest BCUT2D eigenvalue weighted by Gasteiger charge is 2.20. The van der Waals surface area contributed by atoms with Crippen LogP contribution in [0.3, 0.4) is 0 Å². The molecule has 1 N–H and O–H groups in total. The van der Waals surface area contributed by atoms with Gasteiger partial charge in [0.2, 0.25) is 5.78 Å². The number of nitrogens with zero attached hydrogens (tertiary/aromatic N) is 1. The summed E-state index contributed by atoms with van der Waals surface area (Å²) >= 11 is 1.71. The summed E-state index contributed by atoms with van der Waals surface area (Å²) in [6.45, 7) is 0. The fraction of sp³-hybridized carbons (Fsp3) is 0. The van der Waals surface area contributed by atoms with E-state index in [2.05, 4.69) is 33.8 Å².